The van der Waals surface area contributed by atoms with Crippen LogP contribution in [-0.4, -0.2) is 32.2 Å². The molecule has 2 aromatic carbocycles. The summed E-state index contributed by atoms with van der Waals surface area (Å²) in [5.41, 5.74) is 1.73. The molecule has 1 aliphatic rings. The minimum absolute atomic E-state index is 0.278. The summed E-state index contributed by atoms with van der Waals surface area (Å²) in [6.07, 6.45) is 3.65. The van der Waals surface area contributed by atoms with E-state index in [1.54, 1.807) is 25.1 Å². The molecule has 2 aromatic rings. The molecule has 0 spiro atoms. The number of carbonyl (C=O) groups excluding carboxylic acids is 1. The molecule has 0 saturated carbocycles. The van der Waals surface area contributed by atoms with Gasteiger partial charge >= 0.3 is 0 Å². The van der Waals surface area contributed by atoms with Crippen molar-refractivity contribution in [2.24, 2.45) is 0 Å². The van der Waals surface area contributed by atoms with Gasteiger partial charge in [0.05, 0.1) is 18.0 Å². The number of rotatable bonds is 8. The summed E-state index contributed by atoms with van der Waals surface area (Å²) in [5.74, 6) is 0.415. The van der Waals surface area contributed by atoms with Crippen LogP contribution in [0.4, 0.5) is 5.69 Å². The Hall–Kier alpha value is -2.25. The maximum Gasteiger partial charge on any atom is 0.244 e. The Kier molecular flexibility index (Phi) is 7.64. The molecule has 1 amide bonds. The zero-order valence-corrected chi connectivity index (χ0v) is 21.5. The largest absolute Gasteiger partial charge is 0.487 e. The summed E-state index contributed by atoms with van der Waals surface area (Å²) in [7, 11) is -3.75. The molecule has 1 aliphatic heterocycles. The number of nitrogens with one attached hydrogen (secondary N) is 1. The standard InChI is InChI=1S/C25H33ClN2O4S/c1-6-22(28(33(5,30)31)18-14-13-17(4)20(26)15-18)24(29)27-21-16-25(7-2,8-3)32-23-12-10-9-11-19(21)23/h9-15,21-22H,6-8,16H2,1-5H3,(H,27,29)/t21-,22+/m0/s1. The number of anilines is 1. The average Bonchev–Trinajstić information content (AvgIpc) is 2.78. The number of carbonyl (C=O) groups is 1. The van der Waals surface area contributed by atoms with Gasteiger partial charge in [0.1, 0.15) is 17.4 Å². The Morgan fingerprint density at radius 2 is 1.88 bits per heavy atom. The van der Waals surface area contributed by atoms with E-state index in [1.807, 2.05) is 31.2 Å². The van der Waals surface area contributed by atoms with E-state index in [4.69, 9.17) is 16.3 Å². The minimum Gasteiger partial charge on any atom is -0.487 e. The van der Waals surface area contributed by atoms with Crippen LogP contribution in [0.1, 0.15) is 63.6 Å². The molecule has 8 heteroatoms. The third-order valence-electron chi connectivity index (χ3n) is 6.54. The van der Waals surface area contributed by atoms with Gasteiger partial charge in [-0.05, 0) is 49.9 Å². The van der Waals surface area contributed by atoms with E-state index in [0.29, 0.717) is 23.6 Å². The molecular formula is C25H33ClN2O4S. The highest BCUT2D eigenvalue weighted by Gasteiger charge is 2.40. The van der Waals surface area contributed by atoms with Gasteiger partial charge in [-0.3, -0.25) is 9.10 Å². The molecule has 1 N–H and O–H groups in total. The Balaban J connectivity index is 1.97. The van der Waals surface area contributed by atoms with Crippen LogP contribution >= 0.6 is 11.6 Å². The maximum atomic E-state index is 13.6. The summed E-state index contributed by atoms with van der Waals surface area (Å²) in [4.78, 5) is 13.6. The average molecular weight is 493 g/mol. The summed E-state index contributed by atoms with van der Waals surface area (Å²) in [6.45, 7) is 7.81. The smallest absolute Gasteiger partial charge is 0.244 e. The van der Waals surface area contributed by atoms with Crippen LogP contribution in [0.15, 0.2) is 42.5 Å². The van der Waals surface area contributed by atoms with Crippen molar-refractivity contribution in [1.29, 1.82) is 0 Å². The van der Waals surface area contributed by atoms with Gasteiger partial charge in [-0.15, -0.1) is 0 Å². The Bertz CT molecular complexity index is 1120. The normalized spacial score (nSPS) is 18.1. The predicted molar refractivity (Wildman–Crippen MR) is 133 cm³/mol. The molecule has 0 aromatic heterocycles. The van der Waals surface area contributed by atoms with Crippen molar-refractivity contribution < 1.29 is 17.9 Å². The molecule has 6 nitrogen and oxygen atoms in total. The summed E-state index contributed by atoms with van der Waals surface area (Å²) in [6, 6.07) is 11.5. The van der Waals surface area contributed by atoms with Crippen molar-refractivity contribution in [1.82, 2.24) is 5.32 Å². The molecule has 1 heterocycles. The third-order valence-corrected chi connectivity index (χ3v) is 8.13. The molecule has 0 fully saturated rings. The monoisotopic (exact) mass is 492 g/mol. The van der Waals surface area contributed by atoms with Crippen molar-refractivity contribution in [3.63, 3.8) is 0 Å². The first-order valence-corrected chi connectivity index (χ1v) is 13.6. The van der Waals surface area contributed by atoms with Crippen molar-refractivity contribution in [2.45, 2.75) is 71.1 Å². The van der Waals surface area contributed by atoms with Crippen LogP contribution in [0, 0.1) is 6.92 Å². The number of para-hydroxylation sites is 1. The van der Waals surface area contributed by atoms with Crippen molar-refractivity contribution >= 4 is 33.2 Å². The highest BCUT2D eigenvalue weighted by Crippen LogP contribution is 2.42. The van der Waals surface area contributed by atoms with E-state index in [-0.39, 0.29) is 17.6 Å². The zero-order valence-electron chi connectivity index (χ0n) is 19.9. The number of aryl methyl sites for hydroxylation is 1. The van der Waals surface area contributed by atoms with Gasteiger partial charge in [0.25, 0.3) is 0 Å². The van der Waals surface area contributed by atoms with Crippen LogP contribution in [0.3, 0.4) is 0 Å². The van der Waals surface area contributed by atoms with Gasteiger partial charge in [0.15, 0.2) is 0 Å². The van der Waals surface area contributed by atoms with Crippen LogP contribution in [0.25, 0.3) is 0 Å². The number of sulfonamides is 1. The summed E-state index contributed by atoms with van der Waals surface area (Å²) < 4.78 is 33.1. The lowest BCUT2D eigenvalue weighted by atomic mass is 9.83. The van der Waals surface area contributed by atoms with Crippen LogP contribution < -0.4 is 14.4 Å². The number of hydrogen-bond acceptors (Lipinski definition) is 4. The van der Waals surface area contributed by atoms with Gasteiger partial charge < -0.3 is 10.1 Å². The first kappa shape index (κ1) is 25.4. The van der Waals surface area contributed by atoms with Crippen molar-refractivity contribution in [3.8, 4) is 5.75 Å². The molecule has 0 saturated heterocycles. The van der Waals surface area contributed by atoms with Crippen LogP contribution in [0.2, 0.25) is 5.02 Å². The first-order valence-electron chi connectivity index (χ1n) is 11.4. The van der Waals surface area contributed by atoms with Gasteiger partial charge in [0, 0.05) is 17.0 Å². The molecule has 0 bridgehead atoms. The lowest BCUT2D eigenvalue weighted by Crippen LogP contribution is -2.52. The molecular weight excluding hydrogens is 460 g/mol. The minimum atomic E-state index is -3.75. The Morgan fingerprint density at radius 3 is 2.45 bits per heavy atom. The molecule has 2 atom stereocenters. The number of fused-ring (bicyclic) bond motifs is 1. The van der Waals surface area contributed by atoms with E-state index < -0.39 is 16.1 Å². The fraction of sp³-hybridized carbons (Fsp3) is 0.480. The first-order chi connectivity index (χ1) is 15.5. The van der Waals surface area contributed by atoms with Gasteiger partial charge in [-0.1, -0.05) is 56.6 Å². The van der Waals surface area contributed by atoms with E-state index in [0.717, 1.165) is 36.0 Å². The van der Waals surface area contributed by atoms with E-state index in [2.05, 4.69) is 19.2 Å². The summed E-state index contributed by atoms with van der Waals surface area (Å²) >= 11 is 6.27. The quantitative estimate of drug-likeness (QED) is 0.536. The molecule has 0 unspecified atom stereocenters. The second-order valence-electron chi connectivity index (χ2n) is 8.71. The number of nitrogens with zero attached hydrogens (tertiary/aromatic N) is 1. The van der Waals surface area contributed by atoms with E-state index in [9.17, 15) is 13.2 Å². The van der Waals surface area contributed by atoms with Gasteiger partial charge in [-0.25, -0.2) is 8.42 Å². The lowest BCUT2D eigenvalue weighted by Gasteiger charge is -2.42. The topological polar surface area (TPSA) is 75.7 Å². The van der Waals surface area contributed by atoms with E-state index in [1.165, 1.54) is 4.31 Å². The van der Waals surface area contributed by atoms with Crippen LogP contribution in [0.5, 0.6) is 5.75 Å². The van der Waals surface area contributed by atoms with Crippen molar-refractivity contribution in [2.75, 3.05) is 10.6 Å². The lowest BCUT2D eigenvalue weighted by molar-refractivity contribution is -0.123. The highest BCUT2D eigenvalue weighted by atomic mass is 35.5. The molecule has 0 aliphatic carbocycles. The van der Waals surface area contributed by atoms with E-state index >= 15 is 0 Å². The zero-order chi connectivity index (χ0) is 24.4. The second kappa shape index (κ2) is 9.94. The summed E-state index contributed by atoms with van der Waals surface area (Å²) in [5, 5.41) is 3.59. The number of benzene rings is 2. The number of halogens is 1. The SMILES string of the molecule is CC[C@H](C(=O)N[C@H]1CC(CC)(CC)Oc2ccccc21)N(c1ccc(C)c(Cl)c1)S(C)(=O)=O. The predicted octanol–water partition coefficient (Wildman–Crippen LogP) is 5.39. The van der Waals surface area contributed by atoms with Gasteiger partial charge in [-0.2, -0.15) is 0 Å². The number of amides is 1. The van der Waals surface area contributed by atoms with Crippen molar-refractivity contribution in [3.05, 3.63) is 58.6 Å². The second-order valence-corrected chi connectivity index (χ2v) is 11.0. The highest BCUT2D eigenvalue weighted by molar-refractivity contribution is 7.92. The van der Waals surface area contributed by atoms with Gasteiger partial charge in [0.2, 0.25) is 15.9 Å². The molecule has 180 valence electrons. The Labute approximate surface area is 202 Å². The third kappa shape index (κ3) is 5.30. The Morgan fingerprint density at radius 1 is 1.21 bits per heavy atom. The maximum absolute atomic E-state index is 13.6. The fourth-order valence-corrected chi connectivity index (χ4v) is 5.86. The number of hydrogen-bond donors (Lipinski definition) is 1. The molecule has 33 heavy (non-hydrogen) atoms. The molecule has 3 rings (SSSR count). The van der Waals surface area contributed by atoms with Crippen LogP contribution in [-0.2, 0) is 14.8 Å². The number of ether oxygens (including phenoxy) is 1. The fourth-order valence-electron chi connectivity index (χ4n) is 4.48. The molecule has 0 radical (unpaired) electrons.